The van der Waals surface area contributed by atoms with E-state index in [0.717, 1.165) is 11.1 Å². The Bertz CT molecular complexity index is 1020. The van der Waals surface area contributed by atoms with Gasteiger partial charge in [-0.2, -0.15) is 18.9 Å². The summed E-state index contributed by atoms with van der Waals surface area (Å²) in [5, 5.41) is 7.73. The number of benzene rings is 2. The Balaban J connectivity index is 1.84. The second-order valence-electron chi connectivity index (χ2n) is 6.05. The first-order valence-corrected chi connectivity index (χ1v) is 8.59. The van der Waals surface area contributed by atoms with Crippen LogP contribution in [0.25, 0.3) is 5.70 Å². The molecule has 1 aliphatic heterocycles. The number of anilines is 1. The lowest BCUT2D eigenvalue weighted by atomic mass is 9.98. The van der Waals surface area contributed by atoms with Crippen molar-refractivity contribution in [2.24, 2.45) is 0 Å². The molecule has 27 heavy (non-hydrogen) atoms. The number of fused-ring (bicyclic) bond motifs is 1. The first-order chi connectivity index (χ1) is 13.0. The first kappa shape index (κ1) is 17.5. The van der Waals surface area contributed by atoms with Gasteiger partial charge in [0.2, 0.25) is 5.95 Å². The summed E-state index contributed by atoms with van der Waals surface area (Å²) < 4.78 is 32.1. The zero-order valence-corrected chi connectivity index (χ0v) is 15.0. The minimum absolute atomic E-state index is 0.00671. The standard InChI is InChI=1S/C19H15ClF2N4O/c1-11-4-2-3-5-13(11)16-9-15(25-19-23-10-24-26(16)19)14-7-6-12(20)8-17(14)27-18(21)22/h2-10,16,18H,1H3,(H,23,24,25). The summed E-state index contributed by atoms with van der Waals surface area (Å²) in [7, 11) is 0. The average Bonchev–Trinajstić information content (AvgIpc) is 3.10. The molecule has 1 aromatic heterocycles. The zero-order valence-electron chi connectivity index (χ0n) is 14.2. The van der Waals surface area contributed by atoms with Crippen LogP contribution >= 0.6 is 11.6 Å². The maximum absolute atomic E-state index is 12.9. The lowest BCUT2D eigenvalue weighted by Crippen LogP contribution is -2.21. The van der Waals surface area contributed by atoms with Crippen molar-refractivity contribution in [3.8, 4) is 5.75 Å². The quantitative estimate of drug-likeness (QED) is 0.690. The molecule has 8 heteroatoms. The second kappa shape index (κ2) is 7.00. The molecule has 1 N–H and O–H groups in total. The summed E-state index contributed by atoms with van der Waals surface area (Å²) in [5.41, 5.74) is 3.18. The van der Waals surface area contributed by atoms with Gasteiger partial charge in [-0.1, -0.05) is 35.9 Å². The van der Waals surface area contributed by atoms with E-state index in [1.165, 1.54) is 12.4 Å². The molecule has 0 aliphatic carbocycles. The third-order valence-electron chi connectivity index (χ3n) is 4.36. The summed E-state index contributed by atoms with van der Waals surface area (Å²) >= 11 is 5.96. The third-order valence-corrected chi connectivity index (χ3v) is 4.60. The van der Waals surface area contributed by atoms with E-state index in [0.29, 0.717) is 22.2 Å². The van der Waals surface area contributed by atoms with E-state index >= 15 is 0 Å². The van der Waals surface area contributed by atoms with E-state index in [9.17, 15) is 8.78 Å². The highest BCUT2D eigenvalue weighted by atomic mass is 35.5. The van der Waals surface area contributed by atoms with Crippen LogP contribution in [0.2, 0.25) is 5.02 Å². The third kappa shape index (κ3) is 3.38. The van der Waals surface area contributed by atoms with Crippen molar-refractivity contribution in [1.29, 1.82) is 0 Å². The molecule has 1 aliphatic rings. The zero-order chi connectivity index (χ0) is 19.0. The maximum atomic E-state index is 12.9. The molecule has 1 unspecified atom stereocenters. The topological polar surface area (TPSA) is 52.0 Å². The lowest BCUT2D eigenvalue weighted by Gasteiger charge is -2.26. The lowest BCUT2D eigenvalue weighted by molar-refractivity contribution is -0.0500. The molecule has 2 aromatic carbocycles. The SMILES string of the molecule is Cc1ccccc1C1C=C(c2ccc(Cl)cc2OC(F)F)Nc2ncnn21. The van der Waals surface area contributed by atoms with Crippen molar-refractivity contribution in [2.45, 2.75) is 19.6 Å². The average molecular weight is 389 g/mol. The van der Waals surface area contributed by atoms with Gasteiger partial charge in [-0.25, -0.2) is 4.68 Å². The highest BCUT2D eigenvalue weighted by Crippen LogP contribution is 2.37. The van der Waals surface area contributed by atoms with Gasteiger partial charge in [-0.15, -0.1) is 0 Å². The van der Waals surface area contributed by atoms with Crippen LogP contribution in [0.15, 0.2) is 54.9 Å². The van der Waals surface area contributed by atoms with Crippen molar-refractivity contribution in [2.75, 3.05) is 5.32 Å². The number of halogens is 3. The number of aromatic nitrogens is 3. The van der Waals surface area contributed by atoms with Crippen LogP contribution < -0.4 is 10.1 Å². The van der Waals surface area contributed by atoms with Crippen molar-refractivity contribution in [1.82, 2.24) is 14.8 Å². The number of hydrogen-bond donors (Lipinski definition) is 1. The van der Waals surface area contributed by atoms with Crippen LogP contribution in [0.4, 0.5) is 14.7 Å². The normalized spacial score (nSPS) is 15.9. The van der Waals surface area contributed by atoms with Gasteiger partial charge in [0.15, 0.2) is 0 Å². The van der Waals surface area contributed by atoms with E-state index in [1.807, 2.05) is 37.3 Å². The molecule has 3 aromatic rings. The van der Waals surface area contributed by atoms with Crippen molar-refractivity contribution in [3.63, 3.8) is 0 Å². The van der Waals surface area contributed by atoms with Crippen molar-refractivity contribution in [3.05, 3.63) is 76.6 Å². The van der Waals surface area contributed by atoms with Gasteiger partial charge in [0.1, 0.15) is 18.1 Å². The predicted molar refractivity (Wildman–Crippen MR) is 99.0 cm³/mol. The van der Waals surface area contributed by atoms with Gasteiger partial charge in [0.05, 0.1) is 5.70 Å². The number of nitrogens with zero attached hydrogens (tertiary/aromatic N) is 3. The molecule has 1 atom stereocenters. The van der Waals surface area contributed by atoms with Crippen LogP contribution in [0.3, 0.4) is 0 Å². The summed E-state index contributed by atoms with van der Waals surface area (Å²) in [5.74, 6) is 0.506. The monoisotopic (exact) mass is 388 g/mol. The first-order valence-electron chi connectivity index (χ1n) is 8.21. The molecule has 2 heterocycles. The van der Waals surface area contributed by atoms with Crippen LogP contribution in [0, 0.1) is 6.92 Å². The minimum Gasteiger partial charge on any atom is -0.434 e. The summed E-state index contributed by atoms with van der Waals surface area (Å²) in [4.78, 5) is 4.23. The molecule has 5 nitrogen and oxygen atoms in total. The van der Waals surface area contributed by atoms with Crippen molar-refractivity contribution >= 4 is 23.2 Å². The van der Waals surface area contributed by atoms with Crippen molar-refractivity contribution < 1.29 is 13.5 Å². The van der Waals surface area contributed by atoms with Gasteiger partial charge in [-0.05, 0) is 42.3 Å². The number of nitrogens with one attached hydrogen (secondary N) is 1. The van der Waals surface area contributed by atoms with Gasteiger partial charge < -0.3 is 10.1 Å². The fraction of sp³-hybridized carbons (Fsp3) is 0.158. The fourth-order valence-electron chi connectivity index (χ4n) is 3.14. The summed E-state index contributed by atoms with van der Waals surface area (Å²) in [6.07, 6.45) is 3.36. The number of rotatable bonds is 4. The number of alkyl halides is 2. The molecular weight excluding hydrogens is 374 g/mol. The van der Waals surface area contributed by atoms with E-state index in [1.54, 1.807) is 16.8 Å². The number of aryl methyl sites for hydroxylation is 1. The Labute approximate surface area is 159 Å². The van der Waals surface area contributed by atoms with Gasteiger partial charge in [0, 0.05) is 10.6 Å². The maximum Gasteiger partial charge on any atom is 0.387 e. The second-order valence-corrected chi connectivity index (χ2v) is 6.49. The van der Waals surface area contributed by atoms with Crippen LogP contribution in [0.1, 0.15) is 22.7 Å². The summed E-state index contributed by atoms with van der Waals surface area (Å²) in [6, 6.07) is 12.3. The Morgan fingerprint density at radius 3 is 2.81 bits per heavy atom. The Hall–Kier alpha value is -2.93. The molecule has 0 bridgehead atoms. The molecule has 0 spiro atoms. The molecule has 0 radical (unpaired) electrons. The molecule has 0 saturated heterocycles. The van der Waals surface area contributed by atoms with Gasteiger partial charge in [-0.3, -0.25) is 0 Å². The highest BCUT2D eigenvalue weighted by molar-refractivity contribution is 6.30. The van der Waals surface area contributed by atoms with Crippen LogP contribution in [-0.2, 0) is 0 Å². The summed E-state index contributed by atoms with van der Waals surface area (Å²) in [6.45, 7) is -0.947. The van der Waals surface area contributed by atoms with E-state index in [4.69, 9.17) is 11.6 Å². The largest absolute Gasteiger partial charge is 0.434 e. The molecule has 4 rings (SSSR count). The number of hydrogen-bond acceptors (Lipinski definition) is 4. The molecule has 0 saturated carbocycles. The van der Waals surface area contributed by atoms with E-state index in [-0.39, 0.29) is 11.8 Å². The number of ether oxygens (including phenoxy) is 1. The Morgan fingerprint density at radius 2 is 2.04 bits per heavy atom. The van der Waals surface area contributed by atoms with E-state index < -0.39 is 6.61 Å². The minimum atomic E-state index is -2.96. The van der Waals surface area contributed by atoms with Crippen LogP contribution in [-0.4, -0.2) is 21.4 Å². The van der Waals surface area contributed by atoms with Gasteiger partial charge >= 0.3 is 6.61 Å². The highest BCUT2D eigenvalue weighted by Gasteiger charge is 2.26. The molecule has 0 amide bonds. The fourth-order valence-corrected chi connectivity index (χ4v) is 3.31. The molecule has 138 valence electrons. The Kier molecular flexibility index (Phi) is 4.53. The van der Waals surface area contributed by atoms with E-state index in [2.05, 4.69) is 20.1 Å². The smallest absolute Gasteiger partial charge is 0.387 e. The number of allylic oxidation sites excluding steroid dienone is 1. The van der Waals surface area contributed by atoms with Crippen LogP contribution in [0.5, 0.6) is 5.75 Å². The van der Waals surface area contributed by atoms with Gasteiger partial charge in [0.25, 0.3) is 0 Å². The Morgan fingerprint density at radius 1 is 1.22 bits per heavy atom. The molecule has 0 fully saturated rings. The molecular formula is C19H15ClF2N4O. The predicted octanol–water partition coefficient (Wildman–Crippen LogP) is 4.90.